The molecule has 0 saturated heterocycles. The molecule has 0 amide bonds. The van der Waals surface area contributed by atoms with E-state index in [0.717, 1.165) is 5.56 Å². The van der Waals surface area contributed by atoms with Crippen molar-refractivity contribution in [2.45, 2.75) is 6.42 Å². The molecule has 0 aliphatic rings. The molecule has 0 spiro atoms. The van der Waals surface area contributed by atoms with Crippen molar-refractivity contribution < 1.29 is 23.8 Å². The van der Waals surface area contributed by atoms with Gasteiger partial charge >= 0.3 is 11.9 Å². The van der Waals surface area contributed by atoms with Crippen molar-refractivity contribution in [3.05, 3.63) is 35.9 Å². The van der Waals surface area contributed by atoms with Crippen LogP contribution in [0, 0.1) is 0 Å². The summed E-state index contributed by atoms with van der Waals surface area (Å²) in [4.78, 5) is 21.8. The lowest BCUT2D eigenvalue weighted by Gasteiger charge is -2.05. The first-order valence-electron chi connectivity index (χ1n) is 5.71. The Morgan fingerprint density at radius 2 is 1.79 bits per heavy atom. The molecule has 0 saturated carbocycles. The zero-order valence-corrected chi connectivity index (χ0v) is 10.9. The fourth-order valence-electron chi connectivity index (χ4n) is 1.26. The second-order valence-corrected chi connectivity index (χ2v) is 3.60. The lowest BCUT2D eigenvalue weighted by atomic mass is 10.2. The summed E-state index contributed by atoms with van der Waals surface area (Å²) >= 11 is 0. The fraction of sp³-hybridized carbons (Fsp3) is 0.286. The van der Waals surface area contributed by atoms with Gasteiger partial charge in [-0.1, -0.05) is 12.1 Å². The molecule has 0 aliphatic carbocycles. The second-order valence-electron chi connectivity index (χ2n) is 3.60. The number of rotatable bonds is 6. The van der Waals surface area contributed by atoms with Crippen LogP contribution in [0.2, 0.25) is 0 Å². The van der Waals surface area contributed by atoms with Gasteiger partial charge in [-0.3, -0.25) is 4.79 Å². The van der Waals surface area contributed by atoms with Crippen molar-refractivity contribution in [3.8, 4) is 5.75 Å². The molecule has 0 bridgehead atoms. The van der Waals surface area contributed by atoms with Crippen LogP contribution in [0.15, 0.2) is 30.3 Å². The van der Waals surface area contributed by atoms with Gasteiger partial charge in [-0.2, -0.15) is 0 Å². The molecular weight excluding hydrogens is 248 g/mol. The predicted molar refractivity (Wildman–Crippen MR) is 69.6 cm³/mol. The number of methoxy groups -OCH3 is 2. The van der Waals surface area contributed by atoms with Gasteiger partial charge in [-0.25, -0.2) is 4.79 Å². The summed E-state index contributed by atoms with van der Waals surface area (Å²) in [6.45, 7) is 0.268. The van der Waals surface area contributed by atoms with E-state index in [1.807, 2.05) is 0 Å². The Kier molecular flexibility index (Phi) is 6.15. The van der Waals surface area contributed by atoms with Crippen LogP contribution in [-0.2, 0) is 19.1 Å². The van der Waals surface area contributed by atoms with Gasteiger partial charge in [0, 0.05) is 6.08 Å². The molecule has 0 N–H and O–H groups in total. The van der Waals surface area contributed by atoms with Crippen molar-refractivity contribution in [3.63, 3.8) is 0 Å². The van der Waals surface area contributed by atoms with Crippen LogP contribution in [0.25, 0.3) is 6.08 Å². The maximum absolute atomic E-state index is 10.9. The molecule has 1 aromatic carbocycles. The average molecular weight is 264 g/mol. The lowest BCUT2D eigenvalue weighted by molar-refractivity contribution is -0.141. The molecule has 0 aromatic heterocycles. The van der Waals surface area contributed by atoms with Gasteiger partial charge < -0.3 is 14.2 Å². The number of carbonyl (C=O) groups is 2. The minimum atomic E-state index is -0.404. The zero-order chi connectivity index (χ0) is 14.1. The average Bonchev–Trinajstić information content (AvgIpc) is 2.45. The summed E-state index contributed by atoms with van der Waals surface area (Å²) in [7, 11) is 2.66. The van der Waals surface area contributed by atoms with E-state index in [0.29, 0.717) is 5.75 Å². The number of hydrogen-bond donors (Lipinski definition) is 0. The van der Waals surface area contributed by atoms with Crippen LogP contribution in [0.4, 0.5) is 0 Å². The monoisotopic (exact) mass is 264 g/mol. The molecule has 19 heavy (non-hydrogen) atoms. The van der Waals surface area contributed by atoms with E-state index in [2.05, 4.69) is 9.47 Å². The number of carbonyl (C=O) groups excluding carboxylic acids is 2. The topological polar surface area (TPSA) is 61.8 Å². The van der Waals surface area contributed by atoms with E-state index in [9.17, 15) is 9.59 Å². The van der Waals surface area contributed by atoms with Gasteiger partial charge in [0.2, 0.25) is 0 Å². The Bertz CT molecular complexity index is 447. The van der Waals surface area contributed by atoms with Crippen LogP contribution in [0.3, 0.4) is 0 Å². The molecule has 0 fully saturated rings. The number of benzene rings is 1. The molecule has 0 unspecified atom stereocenters. The summed E-state index contributed by atoms with van der Waals surface area (Å²) in [5.74, 6) is -0.0600. The smallest absolute Gasteiger partial charge is 0.330 e. The highest BCUT2D eigenvalue weighted by molar-refractivity contribution is 5.86. The van der Waals surface area contributed by atoms with Crippen molar-refractivity contribution in [1.82, 2.24) is 0 Å². The number of ether oxygens (including phenoxy) is 3. The van der Waals surface area contributed by atoms with Crippen LogP contribution in [0.1, 0.15) is 12.0 Å². The maximum atomic E-state index is 10.9. The first kappa shape index (κ1) is 14.8. The highest BCUT2D eigenvalue weighted by atomic mass is 16.5. The predicted octanol–water partition coefficient (Wildman–Crippen LogP) is 1.81. The van der Waals surface area contributed by atoms with Gasteiger partial charge in [0.15, 0.2) is 0 Å². The molecule has 5 heteroatoms. The Morgan fingerprint density at radius 3 is 2.37 bits per heavy atom. The van der Waals surface area contributed by atoms with Crippen molar-refractivity contribution in [2.24, 2.45) is 0 Å². The molecule has 5 nitrogen and oxygen atoms in total. The first-order chi connectivity index (χ1) is 9.15. The zero-order valence-electron chi connectivity index (χ0n) is 10.9. The van der Waals surface area contributed by atoms with Crippen LogP contribution in [-0.4, -0.2) is 32.8 Å². The second kappa shape index (κ2) is 7.92. The van der Waals surface area contributed by atoms with Gasteiger partial charge in [-0.05, 0) is 23.8 Å². The van der Waals surface area contributed by atoms with Crippen molar-refractivity contribution in [1.29, 1.82) is 0 Å². The Balaban J connectivity index is 2.45. The maximum Gasteiger partial charge on any atom is 0.330 e. The van der Waals surface area contributed by atoms with Gasteiger partial charge in [-0.15, -0.1) is 0 Å². The molecular formula is C14H16O5. The molecule has 0 radical (unpaired) electrons. The molecule has 0 heterocycles. The van der Waals surface area contributed by atoms with Crippen LogP contribution >= 0.6 is 0 Å². The molecule has 102 valence electrons. The Labute approximate surface area is 111 Å². The highest BCUT2D eigenvalue weighted by Crippen LogP contribution is 2.13. The summed E-state index contributed by atoms with van der Waals surface area (Å²) < 4.78 is 14.4. The quantitative estimate of drug-likeness (QED) is 0.579. The fourth-order valence-corrected chi connectivity index (χ4v) is 1.26. The first-order valence-corrected chi connectivity index (χ1v) is 5.71. The Hall–Kier alpha value is -2.30. The lowest BCUT2D eigenvalue weighted by Crippen LogP contribution is -2.07. The van der Waals surface area contributed by atoms with E-state index >= 15 is 0 Å². The molecule has 0 atom stereocenters. The SMILES string of the molecule is COC(=O)/C=C/c1ccc(OCCC(=O)OC)cc1. The minimum absolute atomic E-state index is 0.209. The molecule has 0 aliphatic heterocycles. The van der Waals surface area contributed by atoms with Crippen LogP contribution in [0.5, 0.6) is 5.75 Å². The third kappa shape index (κ3) is 5.72. The van der Waals surface area contributed by atoms with Crippen molar-refractivity contribution >= 4 is 18.0 Å². The third-order valence-electron chi connectivity index (χ3n) is 2.30. The summed E-state index contributed by atoms with van der Waals surface area (Å²) in [5.41, 5.74) is 0.853. The number of hydrogen-bond acceptors (Lipinski definition) is 5. The van der Waals surface area contributed by atoms with Gasteiger partial charge in [0.1, 0.15) is 5.75 Å². The van der Waals surface area contributed by atoms with E-state index < -0.39 is 5.97 Å². The standard InChI is InChI=1S/C14H16O5/c1-17-13(15)8-5-11-3-6-12(7-4-11)19-10-9-14(16)18-2/h3-8H,9-10H2,1-2H3/b8-5+. The Morgan fingerprint density at radius 1 is 1.11 bits per heavy atom. The van der Waals surface area contributed by atoms with Crippen LogP contribution < -0.4 is 4.74 Å². The summed E-state index contributed by atoms with van der Waals surface area (Å²) in [5, 5.41) is 0. The summed E-state index contributed by atoms with van der Waals surface area (Å²) in [6.07, 6.45) is 3.19. The minimum Gasteiger partial charge on any atom is -0.493 e. The molecule has 1 rings (SSSR count). The van der Waals surface area contributed by atoms with E-state index in [1.54, 1.807) is 30.3 Å². The third-order valence-corrected chi connectivity index (χ3v) is 2.30. The van der Waals surface area contributed by atoms with Gasteiger partial charge in [0.05, 0.1) is 27.2 Å². The van der Waals surface area contributed by atoms with E-state index in [-0.39, 0.29) is 19.0 Å². The van der Waals surface area contributed by atoms with E-state index in [1.165, 1.54) is 20.3 Å². The normalized spacial score (nSPS) is 10.2. The van der Waals surface area contributed by atoms with E-state index in [4.69, 9.17) is 4.74 Å². The number of esters is 2. The molecule has 1 aromatic rings. The highest BCUT2D eigenvalue weighted by Gasteiger charge is 2.00. The van der Waals surface area contributed by atoms with Gasteiger partial charge in [0.25, 0.3) is 0 Å². The van der Waals surface area contributed by atoms with Crippen molar-refractivity contribution in [2.75, 3.05) is 20.8 Å². The summed E-state index contributed by atoms with van der Waals surface area (Å²) in [6, 6.07) is 7.11. The largest absolute Gasteiger partial charge is 0.493 e.